The van der Waals surface area contributed by atoms with Crippen molar-refractivity contribution in [2.45, 2.75) is 38.6 Å². The second-order valence-electron chi connectivity index (χ2n) is 4.90. The number of thiophene rings is 1. The van der Waals surface area contributed by atoms with Gasteiger partial charge in [-0.2, -0.15) is 0 Å². The van der Waals surface area contributed by atoms with Crippen LogP contribution < -0.4 is 5.32 Å². The van der Waals surface area contributed by atoms with Gasteiger partial charge in [-0.25, -0.2) is 0 Å². The molecule has 3 heteroatoms. The monoisotopic (exact) mass is 252 g/mol. The van der Waals surface area contributed by atoms with E-state index < -0.39 is 0 Å². The Labute approximate surface area is 109 Å². The second kappa shape index (κ2) is 7.14. The average molecular weight is 252 g/mol. The van der Waals surface area contributed by atoms with Crippen LogP contribution in [0.5, 0.6) is 0 Å². The van der Waals surface area contributed by atoms with Gasteiger partial charge in [-0.15, -0.1) is 11.3 Å². The van der Waals surface area contributed by atoms with E-state index >= 15 is 0 Å². The van der Waals surface area contributed by atoms with Crippen molar-refractivity contribution in [1.29, 1.82) is 0 Å². The molecule has 2 heterocycles. The molecule has 0 spiro atoms. The van der Waals surface area contributed by atoms with Gasteiger partial charge in [0, 0.05) is 17.5 Å². The second-order valence-corrected chi connectivity index (χ2v) is 5.93. The van der Waals surface area contributed by atoms with Crippen molar-refractivity contribution in [3.63, 3.8) is 0 Å². The molecule has 0 atom stereocenters. The van der Waals surface area contributed by atoms with E-state index in [9.17, 15) is 0 Å². The van der Waals surface area contributed by atoms with Gasteiger partial charge in [0.25, 0.3) is 0 Å². The van der Waals surface area contributed by atoms with E-state index in [-0.39, 0.29) is 0 Å². The summed E-state index contributed by atoms with van der Waals surface area (Å²) in [5, 5.41) is 5.81. The minimum absolute atomic E-state index is 0.771. The number of piperidine rings is 1. The Morgan fingerprint density at radius 2 is 2.24 bits per heavy atom. The fourth-order valence-corrected chi connectivity index (χ4v) is 3.13. The molecule has 0 aromatic carbocycles. The fraction of sp³-hybridized carbons (Fsp3) is 0.714. The summed E-state index contributed by atoms with van der Waals surface area (Å²) >= 11 is 1.88. The van der Waals surface area contributed by atoms with E-state index in [2.05, 4.69) is 34.7 Å². The molecule has 2 nitrogen and oxygen atoms in total. The predicted octanol–water partition coefficient (Wildman–Crippen LogP) is 2.75. The van der Waals surface area contributed by atoms with Crippen LogP contribution in [-0.4, -0.2) is 37.1 Å². The highest BCUT2D eigenvalue weighted by Gasteiger charge is 2.17. The Morgan fingerprint density at radius 3 is 2.88 bits per heavy atom. The summed E-state index contributed by atoms with van der Waals surface area (Å²) < 4.78 is 0. The molecule has 0 aliphatic carbocycles. The van der Waals surface area contributed by atoms with Gasteiger partial charge in [0.15, 0.2) is 0 Å². The highest BCUT2D eigenvalue weighted by atomic mass is 32.1. The van der Waals surface area contributed by atoms with Gasteiger partial charge in [0.2, 0.25) is 0 Å². The zero-order chi connectivity index (χ0) is 11.9. The first-order valence-electron chi connectivity index (χ1n) is 6.86. The van der Waals surface area contributed by atoms with E-state index in [1.54, 1.807) is 0 Å². The van der Waals surface area contributed by atoms with Crippen LogP contribution in [-0.2, 0) is 6.42 Å². The zero-order valence-electron chi connectivity index (χ0n) is 10.8. The van der Waals surface area contributed by atoms with Crippen LogP contribution >= 0.6 is 11.3 Å². The van der Waals surface area contributed by atoms with Crippen molar-refractivity contribution in [1.82, 2.24) is 10.2 Å². The zero-order valence-corrected chi connectivity index (χ0v) is 11.6. The molecule has 1 aliphatic heterocycles. The van der Waals surface area contributed by atoms with Crippen LogP contribution in [0.1, 0.15) is 31.1 Å². The van der Waals surface area contributed by atoms with Crippen LogP contribution in [0.4, 0.5) is 0 Å². The van der Waals surface area contributed by atoms with E-state index in [4.69, 9.17) is 0 Å². The van der Waals surface area contributed by atoms with Crippen molar-refractivity contribution >= 4 is 11.3 Å². The first kappa shape index (κ1) is 13.1. The molecule has 1 aromatic heterocycles. The van der Waals surface area contributed by atoms with E-state index in [1.165, 1.54) is 56.7 Å². The Morgan fingerprint density at radius 1 is 1.41 bits per heavy atom. The number of nitrogens with zero attached hydrogens (tertiary/aromatic N) is 1. The maximum atomic E-state index is 3.64. The van der Waals surface area contributed by atoms with Gasteiger partial charge in [-0.3, -0.25) is 0 Å². The first-order chi connectivity index (χ1) is 8.38. The molecule has 96 valence electrons. The van der Waals surface area contributed by atoms with Gasteiger partial charge in [-0.1, -0.05) is 13.0 Å². The van der Waals surface area contributed by atoms with Crippen LogP contribution in [0.3, 0.4) is 0 Å². The highest BCUT2D eigenvalue weighted by Crippen LogP contribution is 2.13. The molecule has 2 rings (SSSR count). The quantitative estimate of drug-likeness (QED) is 0.837. The van der Waals surface area contributed by atoms with Crippen LogP contribution in [0, 0.1) is 0 Å². The molecule has 17 heavy (non-hydrogen) atoms. The number of hydrogen-bond donors (Lipinski definition) is 1. The van der Waals surface area contributed by atoms with Crippen molar-refractivity contribution < 1.29 is 0 Å². The van der Waals surface area contributed by atoms with Gasteiger partial charge >= 0.3 is 0 Å². The molecule has 1 saturated heterocycles. The summed E-state index contributed by atoms with van der Waals surface area (Å²) in [6, 6.07) is 5.18. The molecule has 1 fully saturated rings. The van der Waals surface area contributed by atoms with E-state index in [0.717, 1.165) is 6.04 Å². The van der Waals surface area contributed by atoms with Gasteiger partial charge in [0.05, 0.1) is 0 Å². The molecule has 0 unspecified atom stereocenters. The third-order valence-electron chi connectivity index (χ3n) is 3.53. The summed E-state index contributed by atoms with van der Waals surface area (Å²) in [6.07, 6.45) is 5.12. The predicted molar refractivity (Wildman–Crippen MR) is 75.8 cm³/mol. The van der Waals surface area contributed by atoms with Crippen LogP contribution in [0.25, 0.3) is 0 Å². The Bertz CT molecular complexity index is 289. The molecule has 0 amide bonds. The fourth-order valence-electron chi connectivity index (χ4n) is 2.43. The summed E-state index contributed by atoms with van der Waals surface area (Å²) in [4.78, 5) is 4.14. The van der Waals surface area contributed by atoms with Crippen molar-refractivity contribution in [2.75, 3.05) is 26.2 Å². The third-order valence-corrected chi connectivity index (χ3v) is 4.46. The first-order valence-corrected chi connectivity index (χ1v) is 7.74. The molecule has 0 bridgehead atoms. The van der Waals surface area contributed by atoms with Gasteiger partial charge in [-0.05, 0) is 56.8 Å². The van der Waals surface area contributed by atoms with E-state index in [1.807, 2.05) is 11.3 Å². The largest absolute Gasteiger partial charge is 0.314 e. The maximum absolute atomic E-state index is 3.64. The topological polar surface area (TPSA) is 15.3 Å². The number of nitrogens with one attached hydrogen (secondary N) is 1. The molecule has 0 radical (unpaired) electrons. The average Bonchev–Trinajstić information content (AvgIpc) is 2.88. The SMILES string of the molecule is CCCNC1CCN(CCc2cccs2)CC1. The third kappa shape index (κ3) is 4.41. The summed E-state index contributed by atoms with van der Waals surface area (Å²) in [6.45, 7) is 7.20. The number of hydrogen-bond acceptors (Lipinski definition) is 3. The summed E-state index contributed by atoms with van der Waals surface area (Å²) in [7, 11) is 0. The van der Waals surface area contributed by atoms with E-state index in [0.29, 0.717) is 0 Å². The lowest BCUT2D eigenvalue weighted by Crippen LogP contribution is -2.43. The molecule has 1 N–H and O–H groups in total. The molecule has 1 aliphatic rings. The molecular formula is C14H24N2S. The molecule has 1 aromatic rings. The molecule has 0 saturated carbocycles. The highest BCUT2D eigenvalue weighted by molar-refractivity contribution is 7.09. The number of rotatable bonds is 6. The smallest absolute Gasteiger partial charge is 0.00914 e. The van der Waals surface area contributed by atoms with Gasteiger partial charge < -0.3 is 10.2 Å². The number of likely N-dealkylation sites (tertiary alicyclic amines) is 1. The lowest BCUT2D eigenvalue weighted by molar-refractivity contribution is 0.200. The van der Waals surface area contributed by atoms with Crippen molar-refractivity contribution in [2.24, 2.45) is 0 Å². The maximum Gasteiger partial charge on any atom is 0.00914 e. The minimum Gasteiger partial charge on any atom is -0.314 e. The van der Waals surface area contributed by atoms with Crippen LogP contribution in [0.15, 0.2) is 17.5 Å². The van der Waals surface area contributed by atoms with Crippen molar-refractivity contribution in [3.05, 3.63) is 22.4 Å². The van der Waals surface area contributed by atoms with Crippen molar-refractivity contribution in [3.8, 4) is 0 Å². The Hall–Kier alpha value is -0.380. The van der Waals surface area contributed by atoms with Crippen LogP contribution in [0.2, 0.25) is 0 Å². The lowest BCUT2D eigenvalue weighted by Gasteiger charge is -2.32. The summed E-state index contributed by atoms with van der Waals surface area (Å²) in [5.41, 5.74) is 0. The minimum atomic E-state index is 0.771. The summed E-state index contributed by atoms with van der Waals surface area (Å²) in [5.74, 6) is 0. The Balaban J connectivity index is 1.62. The molecular weight excluding hydrogens is 228 g/mol. The standard InChI is InChI=1S/C14H24N2S/c1-2-8-15-13-5-9-16(10-6-13)11-7-14-4-3-12-17-14/h3-4,12-13,15H,2,5-11H2,1H3. The Kier molecular flexibility index (Phi) is 5.49. The van der Waals surface area contributed by atoms with Gasteiger partial charge in [0.1, 0.15) is 0 Å². The lowest BCUT2D eigenvalue weighted by atomic mass is 10.0. The normalized spacial score (nSPS) is 18.6.